The lowest BCUT2D eigenvalue weighted by Gasteiger charge is -2.08. The highest BCUT2D eigenvalue weighted by atomic mass is 35.5. The van der Waals surface area contributed by atoms with E-state index in [1.165, 1.54) is 5.56 Å². The van der Waals surface area contributed by atoms with Crippen LogP contribution in [-0.4, -0.2) is 4.98 Å². The smallest absolute Gasteiger partial charge is 0.219 e. The highest BCUT2D eigenvalue weighted by Crippen LogP contribution is 2.22. The minimum Gasteiger partial charge on any atom is -0.439 e. The SMILES string of the molecule is CCCc1nc(Oc2ccc(Cl)cc2)ccc1C. The fourth-order valence-electron chi connectivity index (χ4n) is 1.72. The fraction of sp³-hybridized carbons (Fsp3) is 0.267. The Bertz CT molecular complexity index is 523. The molecular weight excluding hydrogens is 246 g/mol. The molecule has 1 heterocycles. The van der Waals surface area contributed by atoms with E-state index in [2.05, 4.69) is 18.8 Å². The minimum absolute atomic E-state index is 0.631. The molecule has 0 aliphatic heterocycles. The van der Waals surface area contributed by atoms with Crippen LogP contribution in [0.15, 0.2) is 36.4 Å². The molecule has 0 spiro atoms. The van der Waals surface area contributed by atoms with Gasteiger partial charge in [-0.15, -0.1) is 0 Å². The quantitative estimate of drug-likeness (QED) is 0.790. The summed E-state index contributed by atoms with van der Waals surface area (Å²) in [6.45, 7) is 4.22. The topological polar surface area (TPSA) is 22.1 Å². The van der Waals surface area contributed by atoms with Crippen molar-refractivity contribution in [3.63, 3.8) is 0 Å². The second-order valence-corrected chi connectivity index (χ2v) is 4.66. The molecule has 0 saturated carbocycles. The number of hydrogen-bond acceptors (Lipinski definition) is 2. The van der Waals surface area contributed by atoms with Gasteiger partial charge in [0.15, 0.2) is 0 Å². The maximum absolute atomic E-state index is 5.83. The van der Waals surface area contributed by atoms with Gasteiger partial charge in [-0.05, 0) is 43.2 Å². The van der Waals surface area contributed by atoms with E-state index < -0.39 is 0 Å². The zero-order valence-corrected chi connectivity index (χ0v) is 11.4. The Morgan fingerprint density at radius 3 is 2.50 bits per heavy atom. The second-order valence-electron chi connectivity index (χ2n) is 4.22. The summed E-state index contributed by atoms with van der Waals surface area (Å²) in [5.41, 5.74) is 2.31. The van der Waals surface area contributed by atoms with E-state index in [-0.39, 0.29) is 0 Å². The van der Waals surface area contributed by atoms with Crippen LogP contribution in [0.5, 0.6) is 11.6 Å². The molecule has 2 rings (SSSR count). The first-order valence-electron chi connectivity index (χ1n) is 6.09. The van der Waals surface area contributed by atoms with E-state index >= 15 is 0 Å². The van der Waals surface area contributed by atoms with Crippen LogP contribution in [0.2, 0.25) is 5.02 Å². The zero-order valence-electron chi connectivity index (χ0n) is 10.6. The molecule has 0 aliphatic rings. The first-order chi connectivity index (χ1) is 8.69. The molecule has 1 aromatic heterocycles. The maximum Gasteiger partial charge on any atom is 0.219 e. The highest BCUT2D eigenvalue weighted by Gasteiger charge is 2.03. The van der Waals surface area contributed by atoms with Crippen molar-refractivity contribution in [1.29, 1.82) is 0 Å². The Balaban J connectivity index is 2.18. The van der Waals surface area contributed by atoms with Crippen LogP contribution in [0.1, 0.15) is 24.6 Å². The Kier molecular flexibility index (Phi) is 4.21. The third-order valence-corrected chi connectivity index (χ3v) is 2.95. The number of rotatable bonds is 4. The predicted octanol–water partition coefficient (Wildman–Crippen LogP) is 4.79. The summed E-state index contributed by atoms with van der Waals surface area (Å²) >= 11 is 5.83. The highest BCUT2D eigenvalue weighted by molar-refractivity contribution is 6.30. The maximum atomic E-state index is 5.83. The van der Waals surface area contributed by atoms with Gasteiger partial charge in [-0.2, -0.15) is 0 Å². The molecular formula is C15H16ClNO. The van der Waals surface area contributed by atoms with Gasteiger partial charge in [-0.25, -0.2) is 4.98 Å². The molecule has 2 aromatic rings. The molecule has 3 heteroatoms. The number of aromatic nitrogens is 1. The van der Waals surface area contributed by atoms with Crippen LogP contribution in [0, 0.1) is 6.92 Å². The summed E-state index contributed by atoms with van der Waals surface area (Å²) < 4.78 is 5.71. The van der Waals surface area contributed by atoms with E-state index in [0.29, 0.717) is 10.9 Å². The largest absolute Gasteiger partial charge is 0.439 e. The predicted molar refractivity (Wildman–Crippen MR) is 74.5 cm³/mol. The molecule has 2 nitrogen and oxygen atoms in total. The van der Waals surface area contributed by atoms with Crippen LogP contribution in [0.25, 0.3) is 0 Å². The molecule has 18 heavy (non-hydrogen) atoms. The van der Waals surface area contributed by atoms with Gasteiger partial charge in [-0.3, -0.25) is 0 Å². The second kappa shape index (κ2) is 5.87. The molecule has 0 radical (unpaired) electrons. The Morgan fingerprint density at radius 2 is 1.83 bits per heavy atom. The van der Waals surface area contributed by atoms with Crippen LogP contribution >= 0.6 is 11.6 Å². The van der Waals surface area contributed by atoms with E-state index in [4.69, 9.17) is 16.3 Å². The van der Waals surface area contributed by atoms with Gasteiger partial charge >= 0.3 is 0 Å². The number of aryl methyl sites for hydroxylation is 2. The lowest BCUT2D eigenvalue weighted by Crippen LogP contribution is -1.96. The van der Waals surface area contributed by atoms with Crippen molar-refractivity contribution in [2.24, 2.45) is 0 Å². The van der Waals surface area contributed by atoms with Crippen LogP contribution in [-0.2, 0) is 6.42 Å². The number of benzene rings is 1. The molecule has 94 valence electrons. The van der Waals surface area contributed by atoms with E-state index in [1.54, 1.807) is 12.1 Å². The summed E-state index contributed by atoms with van der Waals surface area (Å²) in [7, 11) is 0. The summed E-state index contributed by atoms with van der Waals surface area (Å²) in [6, 6.07) is 11.2. The van der Waals surface area contributed by atoms with Gasteiger partial charge in [0.1, 0.15) is 5.75 Å². The van der Waals surface area contributed by atoms with Gasteiger partial charge < -0.3 is 4.74 Å². The number of ether oxygens (including phenoxy) is 1. The zero-order chi connectivity index (χ0) is 13.0. The van der Waals surface area contributed by atoms with Crippen LogP contribution in [0.3, 0.4) is 0 Å². The number of pyridine rings is 1. The molecule has 0 amide bonds. The van der Waals surface area contributed by atoms with Crippen LogP contribution in [0.4, 0.5) is 0 Å². The molecule has 1 aromatic carbocycles. The number of hydrogen-bond donors (Lipinski definition) is 0. The third-order valence-electron chi connectivity index (χ3n) is 2.70. The summed E-state index contributed by atoms with van der Waals surface area (Å²) in [4.78, 5) is 4.52. The minimum atomic E-state index is 0.631. The Morgan fingerprint density at radius 1 is 1.11 bits per heavy atom. The standard InChI is InChI=1S/C15H16ClNO/c1-3-4-14-11(2)5-10-15(17-14)18-13-8-6-12(16)7-9-13/h5-10H,3-4H2,1-2H3. The third kappa shape index (κ3) is 3.23. The van der Waals surface area contributed by atoms with Gasteiger partial charge in [0.25, 0.3) is 0 Å². The van der Waals surface area contributed by atoms with Crippen molar-refractivity contribution in [2.75, 3.05) is 0 Å². The van der Waals surface area contributed by atoms with Crippen molar-refractivity contribution in [3.8, 4) is 11.6 Å². The van der Waals surface area contributed by atoms with Crippen molar-refractivity contribution in [2.45, 2.75) is 26.7 Å². The first kappa shape index (κ1) is 12.9. The Hall–Kier alpha value is -1.54. The lowest BCUT2D eigenvalue weighted by molar-refractivity contribution is 0.460. The summed E-state index contributed by atoms with van der Waals surface area (Å²) in [5.74, 6) is 1.38. The van der Waals surface area contributed by atoms with E-state index in [0.717, 1.165) is 24.3 Å². The average molecular weight is 262 g/mol. The summed E-state index contributed by atoms with van der Waals surface area (Å²) in [6.07, 6.45) is 2.06. The van der Waals surface area contributed by atoms with Gasteiger partial charge in [0.2, 0.25) is 5.88 Å². The first-order valence-corrected chi connectivity index (χ1v) is 6.47. The molecule has 0 saturated heterocycles. The van der Waals surface area contributed by atoms with Gasteiger partial charge in [-0.1, -0.05) is 31.0 Å². The van der Waals surface area contributed by atoms with Crippen molar-refractivity contribution in [3.05, 3.63) is 52.7 Å². The normalized spacial score (nSPS) is 10.4. The summed E-state index contributed by atoms with van der Waals surface area (Å²) in [5, 5.41) is 0.700. The number of halogens is 1. The van der Waals surface area contributed by atoms with Gasteiger partial charge in [0.05, 0.1) is 0 Å². The molecule has 0 atom stereocenters. The fourth-order valence-corrected chi connectivity index (χ4v) is 1.85. The van der Waals surface area contributed by atoms with Crippen molar-refractivity contribution < 1.29 is 4.74 Å². The van der Waals surface area contributed by atoms with E-state index in [9.17, 15) is 0 Å². The van der Waals surface area contributed by atoms with Crippen molar-refractivity contribution >= 4 is 11.6 Å². The molecule has 0 unspecified atom stereocenters. The molecule has 0 fully saturated rings. The van der Waals surface area contributed by atoms with E-state index in [1.807, 2.05) is 24.3 Å². The molecule has 0 aliphatic carbocycles. The monoisotopic (exact) mass is 261 g/mol. The van der Waals surface area contributed by atoms with Crippen molar-refractivity contribution in [1.82, 2.24) is 4.98 Å². The molecule has 0 N–H and O–H groups in total. The van der Waals surface area contributed by atoms with Crippen LogP contribution < -0.4 is 4.74 Å². The number of nitrogens with zero attached hydrogens (tertiary/aromatic N) is 1. The lowest BCUT2D eigenvalue weighted by atomic mass is 10.1. The van der Waals surface area contributed by atoms with Gasteiger partial charge in [0, 0.05) is 16.8 Å². The molecule has 0 bridgehead atoms. The Labute approximate surface area is 113 Å². The average Bonchev–Trinajstić information content (AvgIpc) is 2.37.